The second kappa shape index (κ2) is 5.06. The molecule has 2 rings (SSSR count). The topological polar surface area (TPSA) is 75.6 Å². The molecule has 0 atom stereocenters. The van der Waals surface area contributed by atoms with Crippen molar-refractivity contribution in [2.24, 2.45) is 0 Å². The molecule has 0 N–H and O–H groups in total. The summed E-state index contributed by atoms with van der Waals surface area (Å²) in [6.45, 7) is 0. The Morgan fingerprint density at radius 2 is 2.11 bits per heavy atom. The van der Waals surface area contributed by atoms with Gasteiger partial charge in [-0.1, -0.05) is 5.16 Å². The molecule has 0 bridgehead atoms. The summed E-state index contributed by atoms with van der Waals surface area (Å²) in [5.41, 5.74) is 0.672. The predicted octanol–water partition coefficient (Wildman–Crippen LogP) is 2.50. The van der Waals surface area contributed by atoms with Crippen LogP contribution < -0.4 is 0 Å². The number of rotatable bonds is 3. The van der Waals surface area contributed by atoms with Gasteiger partial charge in [-0.05, 0) is 12.1 Å². The van der Waals surface area contributed by atoms with E-state index in [-0.39, 0.29) is 18.1 Å². The lowest BCUT2D eigenvalue weighted by Gasteiger charge is -2.01. The molecular weight excluding hydrogens is 261 g/mol. The van der Waals surface area contributed by atoms with Gasteiger partial charge in [0.1, 0.15) is 11.8 Å². The molecule has 0 aliphatic rings. The molecule has 0 aromatic carbocycles. The standard InChI is InChI=1S/C11H7F3N4O/c12-11(13,14)4-3-9-17-10(19-18-9)8-2-1-7(5-15)6-16-8/h1-2,6H,3-4H2. The van der Waals surface area contributed by atoms with Gasteiger partial charge in [-0.3, -0.25) is 0 Å². The zero-order chi connectivity index (χ0) is 13.9. The third kappa shape index (κ3) is 3.51. The zero-order valence-electron chi connectivity index (χ0n) is 9.48. The van der Waals surface area contributed by atoms with Crippen molar-refractivity contribution in [2.45, 2.75) is 19.0 Å². The molecule has 0 aliphatic carbocycles. The van der Waals surface area contributed by atoms with Crippen molar-refractivity contribution in [3.05, 3.63) is 29.7 Å². The van der Waals surface area contributed by atoms with Crippen molar-refractivity contribution in [2.75, 3.05) is 0 Å². The summed E-state index contributed by atoms with van der Waals surface area (Å²) in [5.74, 6) is 0.000138. The van der Waals surface area contributed by atoms with Gasteiger partial charge in [0, 0.05) is 12.6 Å². The van der Waals surface area contributed by atoms with Crippen LogP contribution in [-0.2, 0) is 6.42 Å². The molecule has 5 nitrogen and oxygen atoms in total. The third-order valence-corrected chi connectivity index (χ3v) is 2.21. The largest absolute Gasteiger partial charge is 0.389 e. The molecule has 0 fully saturated rings. The van der Waals surface area contributed by atoms with Crippen molar-refractivity contribution < 1.29 is 17.7 Å². The van der Waals surface area contributed by atoms with Crippen molar-refractivity contribution in [3.8, 4) is 17.7 Å². The van der Waals surface area contributed by atoms with Crippen molar-refractivity contribution >= 4 is 0 Å². The molecule has 2 aromatic rings. The first-order chi connectivity index (χ1) is 8.98. The molecule has 0 saturated carbocycles. The number of halogens is 3. The minimum absolute atomic E-state index is 0.0292. The van der Waals surface area contributed by atoms with E-state index in [9.17, 15) is 13.2 Å². The van der Waals surface area contributed by atoms with Crippen LogP contribution >= 0.6 is 0 Å². The number of alkyl halides is 3. The Hall–Kier alpha value is -2.43. The van der Waals surface area contributed by atoms with Crippen LogP contribution in [0.4, 0.5) is 13.2 Å². The summed E-state index contributed by atoms with van der Waals surface area (Å²) in [5, 5.41) is 12.0. The minimum atomic E-state index is -4.26. The Morgan fingerprint density at radius 1 is 1.32 bits per heavy atom. The normalized spacial score (nSPS) is 11.3. The van der Waals surface area contributed by atoms with E-state index in [0.717, 1.165) is 0 Å². The number of pyridine rings is 1. The molecular formula is C11H7F3N4O. The number of nitriles is 1. The quantitative estimate of drug-likeness (QED) is 0.854. The smallest absolute Gasteiger partial charge is 0.332 e. The molecule has 8 heteroatoms. The molecule has 0 radical (unpaired) electrons. The Labute approximate surface area is 105 Å². The summed E-state index contributed by atoms with van der Waals surface area (Å²) < 4.78 is 40.9. The first-order valence-corrected chi connectivity index (χ1v) is 5.24. The van der Waals surface area contributed by atoms with Crippen LogP contribution in [0.2, 0.25) is 0 Å². The van der Waals surface area contributed by atoms with E-state index < -0.39 is 12.6 Å². The van der Waals surface area contributed by atoms with Crippen molar-refractivity contribution in [1.82, 2.24) is 15.1 Å². The highest BCUT2D eigenvalue weighted by Crippen LogP contribution is 2.22. The zero-order valence-corrected chi connectivity index (χ0v) is 9.48. The van der Waals surface area contributed by atoms with Crippen LogP contribution in [0.15, 0.2) is 22.9 Å². The maximum Gasteiger partial charge on any atom is 0.389 e. The van der Waals surface area contributed by atoms with Gasteiger partial charge in [-0.2, -0.15) is 23.4 Å². The second-order valence-electron chi connectivity index (χ2n) is 3.67. The molecule has 0 spiro atoms. The van der Waals surface area contributed by atoms with E-state index in [1.807, 2.05) is 6.07 Å². The van der Waals surface area contributed by atoms with Gasteiger partial charge < -0.3 is 4.52 Å². The lowest BCUT2D eigenvalue weighted by atomic mass is 10.2. The SMILES string of the molecule is N#Cc1ccc(-c2nc(CCC(F)(F)F)no2)nc1. The van der Waals surface area contributed by atoms with E-state index >= 15 is 0 Å². The van der Waals surface area contributed by atoms with Gasteiger partial charge in [0.05, 0.1) is 12.0 Å². The Kier molecular flexibility index (Phi) is 3.46. The summed E-state index contributed by atoms with van der Waals surface area (Å²) in [6.07, 6.45) is -4.29. The van der Waals surface area contributed by atoms with E-state index in [4.69, 9.17) is 9.78 Å². The van der Waals surface area contributed by atoms with Gasteiger partial charge in [-0.15, -0.1) is 0 Å². The van der Waals surface area contributed by atoms with Crippen LogP contribution in [0.25, 0.3) is 11.6 Å². The first kappa shape index (κ1) is 13.0. The van der Waals surface area contributed by atoms with Crippen LogP contribution in [0.3, 0.4) is 0 Å². The van der Waals surface area contributed by atoms with Crippen LogP contribution in [-0.4, -0.2) is 21.3 Å². The van der Waals surface area contributed by atoms with Crippen molar-refractivity contribution in [3.63, 3.8) is 0 Å². The number of hydrogen-bond acceptors (Lipinski definition) is 5. The van der Waals surface area contributed by atoms with Gasteiger partial charge in [0.25, 0.3) is 5.89 Å². The molecule has 0 unspecified atom stereocenters. The fourth-order valence-corrected chi connectivity index (χ4v) is 1.30. The average Bonchev–Trinajstić information content (AvgIpc) is 2.84. The molecule has 2 aromatic heterocycles. The van der Waals surface area contributed by atoms with E-state index in [0.29, 0.717) is 11.3 Å². The van der Waals surface area contributed by atoms with Crippen LogP contribution in [0, 0.1) is 11.3 Å². The van der Waals surface area contributed by atoms with Crippen molar-refractivity contribution in [1.29, 1.82) is 5.26 Å². The number of hydrogen-bond donors (Lipinski definition) is 0. The highest BCUT2D eigenvalue weighted by molar-refractivity contribution is 5.47. The third-order valence-electron chi connectivity index (χ3n) is 2.21. The van der Waals surface area contributed by atoms with Gasteiger partial charge in [-0.25, -0.2) is 4.98 Å². The lowest BCUT2D eigenvalue weighted by molar-refractivity contribution is -0.134. The second-order valence-corrected chi connectivity index (χ2v) is 3.67. The molecule has 0 aliphatic heterocycles. The highest BCUT2D eigenvalue weighted by atomic mass is 19.4. The van der Waals surface area contributed by atoms with Crippen LogP contribution in [0.1, 0.15) is 17.8 Å². The van der Waals surface area contributed by atoms with Gasteiger partial charge in [0.2, 0.25) is 0 Å². The number of aromatic nitrogens is 3. The average molecular weight is 268 g/mol. The highest BCUT2D eigenvalue weighted by Gasteiger charge is 2.27. The molecule has 19 heavy (non-hydrogen) atoms. The molecule has 2 heterocycles. The summed E-state index contributed by atoms with van der Waals surface area (Å²) in [6, 6.07) is 4.88. The summed E-state index contributed by atoms with van der Waals surface area (Å²) >= 11 is 0. The van der Waals surface area contributed by atoms with Gasteiger partial charge in [0.15, 0.2) is 5.82 Å². The molecule has 98 valence electrons. The maximum absolute atomic E-state index is 12.0. The minimum Gasteiger partial charge on any atom is -0.332 e. The molecule has 0 saturated heterocycles. The fourth-order valence-electron chi connectivity index (χ4n) is 1.30. The summed E-state index contributed by atoms with van der Waals surface area (Å²) in [7, 11) is 0. The maximum atomic E-state index is 12.0. The predicted molar refractivity (Wildman–Crippen MR) is 56.6 cm³/mol. The number of nitrogens with zero attached hydrogens (tertiary/aromatic N) is 4. The molecule has 0 amide bonds. The summed E-state index contributed by atoms with van der Waals surface area (Å²) in [4.78, 5) is 7.72. The lowest BCUT2D eigenvalue weighted by Crippen LogP contribution is -2.09. The number of aryl methyl sites for hydroxylation is 1. The Balaban J connectivity index is 2.10. The fraction of sp³-hybridized carbons (Fsp3) is 0.273. The van der Waals surface area contributed by atoms with Crippen LogP contribution in [0.5, 0.6) is 0 Å². The monoisotopic (exact) mass is 268 g/mol. The first-order valence-electron chi connectivity index (χ1n) is 5.24. The Morgan fingerprint density at radius 3 is 2.68 bits per heavy atom. The Bertz CT molecular complexity index is 598. The van der Waals surface area contributed by atoms with E-state index in [1.165, 1.54) is 18.3 Å². The van der Waals surface area contributed by atoms with E-state index in [1.54, 1.807) is 0 Å². The van der Waals surface area contributed by atoms with Gasteiger partial charge >= 0.3 is 6.18 Å². The van der Waals surface area contributed by atoms with E-state index in [2.05, 4.69) is 15.1 Å².